The second-order valence-corrected chi connectivity index (χ2v) is 0.519. The quantitative estimate of drug-likeness (QED) is 0.452. The molecule has 0 aromatic heterocycles. The molecule has 6 heavy (non-hydrogen) atoms. The van der Waals surface area contributed by atoms with E-state index in [1.54, 1.807) is 0 Å². The topological polar surface area (TPSA) is 68.8 Å². The minimum absolute atomic E-state index is 0. The molecule has 0 aromatic rings. The molecule has 0 saturated heterocycles. The van der Waals surface area contributed by atoms with Gasteiger partial charge >= 0.3 is 0 Å². The maximum absolute atomic E-state index is 9.00. The third kappa shape index (κ3) is 13500. The third-order valence-corrected chi connectivity index (χ3v) is 0. The van der Waals surface area contributed by atoms with Gasteiger partial charge in [-0.15, -0.1) is 0 Å². The molecule has 0 spiro atoms. The van der Waals surface area contributed by atoms with E-state index < -0.39 is 5.97 Å². The SMILES string of the molecule is CC(=O)O.O.[Cu]. The zero-order chi connectivity index (χ0) is 3.58. The number of carboxylic acid groups (broad SMARTS) is 1. The third-order valence-electron chi connectivity index (χ3n) is 0. The Bertz CT molecular complexity index is 31.8. The monoisotopic (exact) mass is 141 g/mol. The van der Waals surface area contributed by atoms with Gasteiger partial charge in [0.15, 0.2) is 0 Å². The molecule has 0 bridgehead atoms. The Balaban J connectivity index is -0.0000000450. The maximum Gasteiger partial charge on any atom is 0.300 e. The van der Waals surface area contributed by atoms with Crippen LogP contribution in [0.2, 0.25) is 0 Å². The number of carboxylic acids is 1. The number of carbonyl (C=O) groups is 1. The summed E-state index contributed by atoms with van der Waals surface area (Å²) in [5.41, 5.74) is 0. The second-order valence-electron chi connectivity index (χ2n) is 0.519. The Morgan fingerprint density at radius 1 is 1.67 bits per heavy atom. The van der Waals surface area contributed by atoms with Crippen LogP contribution in [-0.2, 0) is 21.9 Å². The molecule has 0 amide bonds. The van der Waals surface area contributed by atoms with Crippen LogP contribution in [0.1, 0.15) is 6.92 Å². The average Bonchev–Trinajstić information content (AvgIpc) is 0.811. The Hall–Kier alpha value is -0.0505. The zero-order valence-corrected chi connectivity index (χ0v) is 4.10. The van der Waals surface area contributed by atoms with E-state index in [0.29, 0.717) is 0 Å². The summed E-state index contributed by atoms with van der Waals surface area (Å²) in [5, 5.41) is 7.42. The van der Waals surface area contributed by atoms with E-state index in [9.17, 15) is 0 Å². The largest absolute Gasteiger partial charge is 0.481 e. The molecule has 0 aliphatic carbocycles. The average molecular weight is 142 g/mol. The van der Waals surface area contributed by atoms with E-state index in [4.69, 9.17) is 9.90 Å². The summed E-state index contributed by atoms with van der Waals surface area (Å²) >= 11 is 0. The van der Waals surface area contributed by atoms with Crippen LogP contribution in [0.25, 0.3) is 0 Å². The molecule has 1 radical (unpaired) electrons. The predicted octanol–water partition coefficient (Wildman–Crippen LogP) is -0.736. The van der Waals surface area contributed by atoms with Crippen molar-refractivity contribution in [1.82, 2.24) is 0 Å². The first-order valence-electron chi connectivity index (χ1n) is 0.928. The molecular formula is C2H6CuO3. The Morgan fingerprint density at radius 3 is 1.67 bits per heavy atom. The molecule has 0 aliphatic heterocycles. The van der Waals surface area contributed by atoms with Crippen LogP contribution in [0, 0.1) is 0 Å². The Kier molecular flexibility index (Phi) is 24.8. The van der Waals surface area contributed by atoms with E-state index in [0.717, 1.165) is 6.92 Å². The van der Waals surface area contributed by atoms with Crippen LogP contribution in [0.4, 0.5) is 0 Å². The molecule has 0 atom stereocenters. The summed E-state index contributed by atoms with van der Waals surface area (Å²) in [6.45, 7) is 1.08. The van der Waals surface area contributed by atoms with E-state index >= 15 is 0 Å². The van der Waals surface area contributed by atoms with Crippen LogP contribution in [0.15, 0.2) is 0 Å². The molecule has 0 saturated carbocycles. The fourth-order valence-corrected chi connectivity index (χ4v) is 0. The van der Waals surface area contributed by atoms with Gasteiger partial charge in [-0.05, 0) is 0 Å². The molecule has 3 N–H and O–H groups in total. The van der Waals surface area contributed by atoms with Crippen molar-refractivity contribution in [3.8, 4) is 0 Å². The smallest absolute Gasteiger partial charge is 0.300 e. The van der Waals surface area contributed by atoms with E-state index in [2.05, 4.69) is 0 Å². The Morgan fingerprint density at radius 2 is 1.67 bits per heavy atom. The molecule has 0 heterocycles. The first-order chi connectivity index (χ1) is 1.73. The normalized spacial score (nSPS) is 4.17. The summed E-state index contributed by atoms with van der Waals surface area (Å²) in [5.74, 6) is -0.833. The first kappa shape index (κ1) is 16.8. The standard InChI is InChI=1S/C2H4O2.Cu.H2O/c1-2(3)4;;/h1H3,(H,3,4);;1H2. The molecule has 0 aliphatic rings. The molecule has 0 unspecified atom stereocenters. The van der Waals surface area contributed by atoms with Gasteiger partial charge in [0.1, 0.15) is 0 Å². The predicted molar refractivity (Wildman–Crippen MR) is 16.9 cm³/mol. The Labute approximate surface area is 46.1 Å². The van der Waals surface area contributed by atoms with Crippen molar-refractivity contribution in [2.45, 2.75) is 6.92 Å². The number of aliphatic carboxylic acids is 1. The van der Waals surface area contributed by atoms with Crippen molar-refractivity contribution >= 4 is 5.97 Å². The van der Waals surface area contributed by atoms with Crippen LogP contribution in [0.5, 0.6) is 0 Å². The number of hydrogen-bond donors (Lipinski definition) is 1. The molecular weight excluding hydrogens is 136 g/mol. The van der Waals surface area contributed by atoms with Gasteiger partial charge in [0.25, 0.3) is 5.97 Å². The van der Waals surface area contributed by atoms with Gasteiger partial charge in [0, 0.05) is 24.0 Å². The summed E-state index contributed by atoms with van der Waals surface area (Å²) < 4.78 is 0. The zero-order valence-electron chi connectivity index (χ0n) is 3.16. The summed E-state index contributed by atoms with van der Waals surface area (Å²) in [6.07, 6.45) is 0. The van der Waals surface area contributed by atoms with Gasteiger partial charge in [0.05, 0.1) is 0 Å². The van der Waals surface area contributed by atoms with E-state index in [1.165, 1.54) is 0 Å². The van der Waals surface area contributed by atoms with Crippen molar-refractivity contribution in [3.05, 3.63) is 0 Å². The van der Waals surface area contributed by atoms with Gasteiger partial charge in [-0.3, -0.25) is 4.79 Å². The summed E-state index contributed by atoms with van der Waals surface area (Å²) in [4.78, 5) is 9.00. The summed E-state index contributed by atoms with van der Waals surface area (Å²) in [6, 6.07) is 0. The van der Waals surface area contributed by atoms with Gasteiger partial charge < -0.3 is 10.6 Å². The van der Waals surface area contributed by atoms with Gasteiger partial charge in [-0.25, -0.2) is 0 Å². The number of hydrogen-bond acceptors (Lipinski definition) is 1. The minimum atomic E-state index is -0.833. The molecule has 0 fully saturated rings. The van der Waals surface area contributed by atoms with Gasteiger partial charge in [0.2, 0.25) is 0 Å². The molecule has 0 aromatic carbocycles. The fourth-order valence-electron chi connectivity index (χ4n) is 0. The van der Waals surface area contributed by atoms with Crippen LogP contribution < -0.4 is 0 Å². The van der Waals surface area contributed by atoms with Crippen molar-refractivity contribution in [2.75, 3.05) is 0 Å². The minimum Gasteiger partial charge on any atom is -0.481 e. The molecule has 43 valence electrons. The molecule has 0 rings (SSSR count). The van der Waals surface area contributed by atoms with Crippen LogP contribution >= 0.6 is 0 Å². The molecule has 3 nitrogen and oxygen atoms in total. The van der Waals surface area contributed by atoms with Gasteiger partial charge in [-0.2, -0.15) is 0 Å². The molecule has 4 heteroatoms. The van der Waals surface area contributed by atoms with Gasteiger partial charge in [-0.1, -0.05) is 0 Å². The van der Waals surface area contributed by atoms with Crippen LogP contribution in [0.3, 0.4) is 0 Å². The van der Waals surface area contributed by atoms with Crippen molar-refractivity contribution < 1.29 is 32.4 Å². The number of rotatable bonds is 0. The van der Waals surface area contributed by atoms with Crippen molar-refractivity contribution in [1.29, 1.82) is 0 Å². The second kappa shape index (κ2) is 8.87. The van der Waals surface area contributed by atoms with Crippen molar-refractivity contribution in [2.24, 2.45) is 0 Å². The fraction of sp³-hybridized carbons (Fsp3) is 0.500. The van der Waals surface area contributed by atoms with Crippen molar-refractivity contribution in [3.63, 3.8) is 0 Å². The van der Waals surface area contributed by atoms with E-state index in [1.807, 2.05) is 0 Å². The van der Waals surface area contributed by atoms with Crippen LogP contribution in [-0.4, -0.2) is 16.6 Å². The maximum atomic E-state index is 9.00. The van der Waals surface area contributed by atoms with E-state index in [-0.39, 0.29) is 22.5 Å². The summed E-state index contributed by atoms with van der Waals surface area (Å²) in [7, 11) is 0. The first-order valence-corrected chi connectivity index (χ1v) is 0.928.